The van der Waals surface area contributed by atoms with Gasteiger partial charge in [-0.15, -0.1) is 0 Å². The minimum atomic E-state index is -0.746. The number of hydrogen-bond acceptors (Lipinski definition) is 3. The highest BCUT2D eigenvalue weighted by Crippen LogP contribution is 2.38. The number of hydrogen-bond donors (Lipinski definition) is 1. The van der Waals surface area contributed by atoms with Crippen molar-refractivity contribution in [2.24, 2.45) is 0 Å². The summed E-state index contributed by atoms with van der Waals surface area (Å²) >= 11 is 0. The summed E-state index contributed by atoms with van der Waals surface area (Å²) in [6, 6.07) is 3.91. The van der Waals surface area contributed by atoms with Crippen LogP contribution in [-0.2, 0) is 17.6 Å². The van der Waals surface area contributed by atoms with Gasteiger partial charge in [-0.1, -0.05) is 13.0 Å². The molecular formula is C13H16O4. The first-order valence-electron chi connectivity index (χ1n) is 5.84. The molecule has 0 fully saturated rings. The zero-order valence-corrected chi connectivity index (χ0v) is 9.86. The summed E-state index contributed by atoms with van der Waals surface area (Å²) < 4.78 is 10.8. The summed E-state index contributed by atoms with van der Waals surface area (Å²) in [5.41, 5.74) is 2.31. The van der Waals surface area contributed by atoms with Gasteiger partial charge in [0.25, 0.3) is 0 Å². The molecular weight excluding hydrogens is 220 g/mol. The number of rotatable bonds is 5. The van der Waals surface area contributed by atoms with Gasteiger partial charge in [-0.3, -0.25) is 4.79 Å². The first-order valence-corrected chi connectivity index (χ1v) is 5.84. The monoisotopic (exact) mass is 236 g/mol. The summed E-state index contributed by atoms with van der Waals surface area (Å²) in [4.78, 5) is 10.5. The van der Waals surface area contributed by atoms with Crippen molar-refractivity contribution in [1.82, 2.24) is 0 Å². The Morgan fingerprint density at radius 3 is 2.94 bits per heavy atom. The number of aliphatic carboxylic acids is 1. The van der Waals surface area contributed by atoms with Crippen molar-refractivity contribution in [1.29, 1.82) is 0 Å². The van der Waals surface area contributed by atoms with Crippen molar-refractivity contribution < 1.29 is 19.4 Å². The maximum absolute atomic E-state index is 10.5. The Hall–Kier alpha value is -1.71. The van der Waals surface area contributed by atoms with Crippen LogP contribution in [0.25, 0.3) is 0 Å². The van der Waals surface area contributed by atoms with Crippen LogP contribution in [0.1, 0.15) is 30.9 Å². The maximum Gasteiger partial charge on any atom is 0.303 e. The van der Waals surface area contributed by atoms with Gasteiger partial charge in [-0.05, 0) is 30.9 Å². The molecule has 1 aromatic carbocycles. The lowest BCUT2D eigenvalue weighted by atomic mass is 9.98. The van der Waals surface area contributed by atoms with E-state index in [2.05, 4.69) is 6.92 Å². The van der Waals surface area contributed by atoms with Crippen molar-refractivity contribution in [3.8, 4) is 11.5 Å². The van der Waals surface area contributed by atoms with E-state index in [-0.39, 0.29) is 13.2 Å². The van der Waals surface area contributed by atoms with Crippen LogP contribution in [0, 0.1) is 0 Å². The Kier molecular flexibility index (Phi) is 3.52. The van der Waals surface area contributed by atoms with Crippen molar-refractivity contribution in [3.63, 3.8) is 0 Å². The second kappa shape index (κ2) is 5.08. The summed E-state index contributed by atoms with van der Waals surface area (Å²) in [5.74, 6) is 0.882. The number of carbonyl (C=O) groups is 1. The average molecular weight is 236 g/mol. The van der Waals surface area contributed by atoms with Crippen molar-refractivity contribution in [3.05, 3.63) is 23.3 Å². The van der Waals surface area contributed by atoms with E-state index in [0.29, 0.717) is 6.42 Å². The number of benzene rings is 1. The molecule has 2 rings (SSSR count). The van der Waals surface area contributed by atoms with Gasteiger partial charge in [-0.25, -0.2) is 0 Å². The van der Waals surface area contributed by atoms with Crippen molar-refractivity contribution >= 4 is 5.97 Å². The maximum atomic E-state index is 10.5. The van der Waals surface area contributed by atoms with Crippen LogP contribution in [-0.4, -0.2) is 17.9 Å². The summed E-state index contributed by atoms with van der Waals surface area (Å²) in [6.07, 6.45) is 2.50. The lowest BCUT2D eigenvalue weighted by molar-refractivity contribution is -0.137. The molecule has 17 heavy (non-hydrogen) atoms. The minimum Gasteiger partial charge on any atom is -0.481 e. The van der Waals surface area contributed by atoms with Gasteiger partial charge in [0.1, 0.15) is 0 Å². The highest BCUT2D eigenvalue weighted by molar-refractivity contribution is 5.66. The van der Waals surface area contributed by atoms with Crippen LogP contribution in [0.5, 0.6) is 11.5 Å². The third-order valence-corrected chi connectivity index (χ3v) is 2.93. The zero-order chi connectivity index (χ0) is 12.3. The number of carboxylic acid groups (broad SMARTS) is 1. The fraction of sp³-hybridized carbons (Fsp3) is 0.462. The van der Waals surface area contributed by atoms with Crippen LogP contribution >= 0.6 is 0 Å². The highest BCUT2D eigenvalue weighted by Gasteiger charge is 2.19. The Morgan fingerprint density at radius 1 is 1.41 bits per heavy atom. The summed E-state index contributed by atoms with van der Waals surface area (Å²) in [5, 5.41) is 8.63. The molecule has 92 valence electrons. The highest BCUT2D eigenvalue weighted by atomic mass is 16.7. The quantitative estimate of drug-likeness (QED) is 0.852. The Balaban J connectivity index is 2.14. The topological polar surface area (TPSA) is 55.8 Å². The van der Waals surface area contributed by atoms with E-state index in [1.54, 1.807) is 0 Å². The van der Waals surface area contributed by atoms with Gasteiger partial charge in [0.2, 0.25) is 6.79 Å². The summed E-state index contributed by atoms with van der Waals surface area (Å²) in [7, 11) is 0. The van der Waals surface area contributed by atoms with Crippen molar-refractivity contribution in [2.45, 2.75) is 32.6 Å². The fourth-order valence-electron chi connectivity index (χ4n) is 2.12. The van der Waals surface area contributed by atoms with Crippen LogP contribution < -0.4 is 9.47 Å². The third-order valence-electron chi connectivity index (χ3n) is 2.93. The molecule has 0 saturated carbocycles. The first kappa shape index (κ1) is 11.8. The van der Waals surface area contributed by atoms with Gasteiger partial charge < -0.3 is 14.6 Å². The molecule has 0 aliphatic carbocycles. The molecule has 0 amide bonds. The standard InChI is InChI=1S/C13H16O4/c1-2-10-9(4-3-5-12(14)15)6-7-11-13(10)17-8-16-11/h6-7H,2-5,8H2,1H3,(H,14,15). The molecule has 1 heterocycles. The molecule has 0 atom stereocenters. The lowest BCUT2D eigenvalue weighted by Gasteiger charge is -2.10. The van der Waals surface area contributed by atoms with E-state index < -0.39 is 5.97 Å². The predicted molar refractivity (Wildman–Crippen MR) is 62.5 cm³/mol. The van der Waals surface area contributed by atoms with Crippen LogP contribution in [0.4, 0.5) is 0 Å². The summed E-state index contributed by atoms with van der Waals surface area (Å²) in [6.45, 7) is 2.35. The van der Waals surface area contributed by atoms with E-state index >= 15 is 0 Å². The van der Waals surface area contributed by atoms with E-state index in [0.717, 1.165) is 35.5 Å². The third kappa shape index (κ3) is 2.52. The molecule has 1 aromatic rings. The molecule has 4 nitrogen and oxygen atoms in total. The number of ether oxygens (including phenoxy) is 2. The molecule has 0 spiro atoms. The Bertz CT molecular complexity index is 426. The molecule has 0 saturated heterocycles. The van der Waals surface area contributed by atoms with Gasteiger partial charge in [-0.2, -0.15) is 0 Å². The van der Waals surface area contributed by atoms with Gasteiger partial charge >= 0.3 is 5.97 Å². The Labute approximate surface area is 100 Å². The van der Waals surface area contributed by atoms with Crippen LogP contribution in [0.2, 0.25) is 0 Å². The van der Waals surface area contributed by atoms with Crippen molar-refractivity contribution in [2.75, 3.05) is 6.79 Å². The molecule has 0 aromatic heterocycles. The van der Waals surface area contributed by atoms with Gasteiger partial charge in [0.05, 0.1) is 0 Å². The first-order chi connectivity index (χ1) is 8.22. The minimum absolute atomic E-state index is 0.206. The number of carboxylic acids is 1. The van der Waals surface area contributed by atoms with Gasteiger partial charge in [0, 0.05) is 12.0 Å². The van der Waals surface area contributed by atoms with E-state index in [9.17, 15) is 4.79 Å². The largest absolute Gasteiger partial charge is 0.481 e. The second-order valence-electron chi connectivity index (χ2n) is 4.04. The second-order valence-corrected chi connectivity index (χ2v) is 4.04. The molecule has 0 bridgehead atoms. The average Bonchev–Trinajstić information content (AvgIpc) is 2.76. The normalized spacial score (nSPS) is 12.8. The fourth-order valence-corrected chi connectivity index (χ4v) is 2.12. The number of aryl methyl sites for hydroxylation is 1. The SMILES string of the molecule is CCc1c(CCCC(=O)O)ccc2c1OCO2. The Morgan fingerprint density at radius 2 is 2.24 bits per heavy atom. The van der Waals surface area contributed by atoms with E-state index in [1.165, 1.54) is 0 Å². The zero-order valence-electron chi connectivity index (χ0n) is 9.86. The molecule has 0 unspecified atom stereocenters. The van der Waals surface area contributed by atoms with Crippen LogP contribution in [0.15, 0.2) is 12.1 Å². The van der Waals surface area contributed by atoms with E-state index in [1.807, 2.05) is 12.1 Å². The van der Waals surface area contributed by atoms with E-state index in [4.69, 9.17) is 14.6 Å². The molecule has 1 aliphatic heterocycles. The molecule has 4 heteroatoms. The molecule has 1 aliphatic rings. The number of fused-ring (bicyclic) bond motifs is 1. The predicted octanol–water partition coefficient (Wildman–Crippen LogP) is 2.39. The van der Waals surface area contributed by atoms with Gasteiger partial charge in [0.15, 0.2) is 11.5 Å². The lowest BCUT2D eigenvalue weighted by Crippen LogP contribution is -1.99. The van der Waals surface area contributed by atoms with Crippen LogP contribution in [0.3, 0.4) is 0 Å². The smallest absolute Gasteiger partial charge is 0.303 e. The molecule has 0 radical (unpaired) electrons. The molecule has 1 N–H and O–H groups in total.